The van der Waals surface area contributed by atoms with Gasteiger partial charge in [0, 0.05) is 30.6 Å². The Morgan fingerprint density at radius 3 is 2.49 bits per heavy atom. The van der Waals surface area contributed by atoms with Gasteiger partial charge < -0.3 is 24.5 Å². The van der Waals surface area contributed by atoms with E-state index in [1.54, 1.807) is 40.6 Å². The fraction of sp³-hybridized carbons (Fsp3) is 0.594. The average molecular weight is 584 g/mol. The Labute approximate surface area is 248 Å². The quantitative estimate of drug-likeness (QED) is 0.245. The van der Waals surface area contributed by atoms with Gasteiger partial charge in [-0.1, -0.05) is 31.9 Å². The van der Waals surface area contributed by atoms with Crippen LogP contribution in [-0.4, -0.2) is 87.6 Å². The number of fused-ring (bicyclic) bond motifs is 1. The summed E-state index contributed by atoms with van der Waals surface area (Å²) in [5.41, 5.74) is 0.715. The van der Waals surface area contributed by atoms with Crippen LogP contribution in [0.5, 0.6) is 5.75 Å². The highest BCUT2D eigenvalue weighted by Gasteiger charge is 2.74. The van der Waals surface area contributed by atoms with Gasteiger partial charge in [-0.15, -0.1) is 24.9 Å². The summed E-state index contributed by atoms with van der Waals surface area (Å²) in [6, 6.07) is 6.13. The first-order valence-corrected chi connectivity index (χ1v) is 15.8. The summed E-state index contributed by atoms with van der Waals surface area (Å²) in [5, 5.41) is 10.1. The summed E-state index contributed by atoms with van der Waals surface area (Å²) >= 11 is 1.65. The topological polar surface area (TPSA) is 90.4 Å². The standard InChI is InChI=1S/C32H45N3O5S/c1-6-10-11-20-33(18-7-2)31(39)28-32-17-16-25(41-32)26(27(32)30(38)35(28)22(5)21-36)29(37)34(19-8-3)23-12-14-24(15-13-23)40-9-4/h7-8,12-15,22,25-28,36H,2-3,6,9-11,16-21H2,1,4-5H3/t22-,25-,26+,27+,28?,32?/m1/s1. The molecule has 3 heterocycles. The number of hydrogen-bond donors (Lipinski definition) is 1. The van der Waals surface area contributed by atoms with E-state index in [1.165, 1.54) is 0 Å². The lowest BCUT2D eigenvalue weighted by Crippen LogP contribution is -2.57. The summed E-state index contributed by atoms with van der Waals surface area (Å²) in [5.74, 6) is -0.893. The van der Waals surface area contributed by atoms with Gasteiger partial charge in [0.05, 0.1) is 35.8 Å². The number of ether oxygens (including phenoxy) is 1. The Morgan fingerprint density at radius 2 is 1.88 bits per heavy atom. The van der Waals surface area contributed by atoms with Crippen LogP contribution in [0.25, 0.3) is 0 Å². The summed E-state index contributed by atoms with van der Waals surface area (Å²) in [4.78, 5) is 48.1. The number of aliphatic hydroxyl groups excluding tert-OH is 1. The van der Waals surface area contributed by atoms with Crippen molar-refractivity contribution in [1.29, 1.82) is 0 Å². The second kappa shape index (κ2) is 13.5. The van der Waals surface area contributed by atoms with Crippen LogP contribution in [0.2, 0.25) is 0 Å². The number of rotatable bonds is 15. The number of likely N-dealkylation sites (tertiary alicyclic amines) is 1. The van der Waals surface area contributed by atoms with Gasteiger partial charge in [-0.2, -0.15) is 0 Å². The summed E-state index contributed by atoms with van der Waals surface area (Å²) in [6.45, 7) is 15.2. The zero-order chi connectivity index (χ0) is 29.7. The monoisotopic (exact) mass is 583 g/mol. The number of nitrogens with zero attached hydrogens (tertiary/aromatic N) is 3. The van der Waals surface area contributed by atoms with E-state index in [0.717, 1.165) is 31.4 Å². The first kappa shape index (κ1) is 31.2. The van der Waals surface area contributed by atoms with Crippen LogP contribution in [-0.2, 0) is 14.4 Å². The molecule has 1 aromatic rings. The van der Waals surface area contributed by atoms with Crippen molar-refractivity contribution in [2.75, 3.05) is 37.7 Å². The van der Waals surface area contributed by atoms with E-state index in [9.17, 15) is 19.5 Å². The molecule has 1 N–H and O–H groups in total. The molecule has 1 aromatic carbocycles. The Balaban J connectivity index is 1.70. The maximum atomic E-state index is 14.4. The van der Waals surface area contributed by atoms with E-state index in [0.29, 0.717) is 38.3 Å². The lowest BCUT2D eigenvalue weighted by Gasteiger charge is -2.39. The van der Waals surface area contributed by atoms with Crippen molar-refractivity contribution in [2.45, 2.75) is 75.0 Å². The molecule has 0 saturated carbocycles. The number of hydrogen-bond acceptors (Lipinski definition) is 6. The Morgan fingerprint density at radius 1 is 1.17 bits per heavy atom. The highest BCUT2D eigenvalue weighted by atomic mass is 32.2. The number of anilines is 1. The van der Waals surface area contributed by atoms with Crippen molar-refractivity contribution >= 4 is 35.2 Å². The molecular formula is C32H45N3O5S. The molecule has 9 heteroatoms. The minimum atomic E-state index is -0.727. The Bertz CT molecular complexity index is 1130. The van der Waals surface area contributed by atoms with Gasteiger partial charge >= 0.3 is 0 Å². The Hall–Kier alpha value is -2.78. The fourth-order valence-corrected chi connectivity index (χ4v) is 9.10. The molecule has 3 amide bonds. The minimum absolute atomic E-state index is 0.0544. The molecule has 3 aliphatic heterocycles. The maximum absolute atomic E-state index is 14.4. The number of unbranched alkanes of at least 4 members (excludes halogenated alkanes) is 2. The van der Waals surface area contributed by atoms with Gasteiger partial charge in [0.25, 0.3) is 0 Å². The summed E-state index contributed by atoms with van der Waals surface area (Å²) < 4.78 is 4.87. The number of aliphatic hydroxyl groups is 1. The number of carbonyl (C=O) groups excluding carboxylic acids is 3. The molecule has 224 valence electrons. The lowest BCUT2D eigenvalue weighted by atomic mass is 9.70. The zero-order valence-corrected chi connectivity index (χ0v) is 25.5. The predicted molar refractivity (Wildman–Crippen MR) is 164 cm³/mol. The molecule has 0 aliphatic carbocycles. The van der Waals surface area contributed by atoms with E-state index in [4.69, 9.17) is 4.74 Å². The third kappa shape index (κ3) is 5.67. The number of amides is 3. The highest BCUT2D eigenvalue weighted by Crippen LogP contribution is 2.67. The number of thioether (sulfide) groups is 1. The average Bonchev–Trinajstić information content (AvgIpc) is 3.62. The molecule has 2 unspecified atom stereocenters. The molecule has 3 fully saturated rings. The van der Waals surface area contributed by atoms with E-state index in [1.807, 2.05) is 36.1 Å². The van der Waals surface area contributed by atoms with E-state index >= 15 is 0 Å². The SMILES string of the molecule is C=CCN(CCCCC)C(=O)C1N([C@H](C)CO)C(=O)[C@@H]2[C@@H](C(=O)N(CC=C)c3ccc(OCC)cc3)[C@H]3CCC12S3. The van der Waals surface area contributed by atoms with Crippen molar-refractivity contribution in [2.24, 2.45) is 11.8 Å². The van der Waals surface area contributed by atoms with Gasteiger partial charge in [-0.05, 0) is 57.4 Å². The molecular weight excluding hydrogens is 538 g/mol. The molecule has 0 radical (unpaired) electrons. The van der Waals surface area contributed by atoms with Crippen molar-refractivity contribution in [3.63, 3.8) is 0 Å². The molecule has 0 aromatic heterocycles. The normalized spacial score (nSPS) is 26.9. The molecule has 3 aliphatic rings. The largest absolute Gasteiger partial charge is 0.494 e. The molecule has 41 heavy (non-hydrogen) atoms. The third-order valence-corrected chi connectivity index (χ3v) is 10.7. The highest BCUT2D eigenvalue weighted by molar-refractivity contribution is 8.02. The van der Waals surface area contributed by atoms with Gasteiger partial charge in [0.2, 0.25) is 17.7 Å². The van der Waals surface area contributed by atoms with Crippen molar-refractivity contribution < 1.29 is 24.2 Å². The Kier molecular flexibility index (Phi) is 10.2. The van der Waals surface area contributed by atoms with Gasteiger partial charge in [-0.3, -0.25) is 14.4 Å². The van der Waals surface area contributed by atoms with Gasteiger partial charge in [0.1, 0.15) is 11.8 Å². The van der Waals surface area contributed by atoms with E-state index in [-0.39, 0.29) is 29.6 Å². The van der Waals surface area contributed by atoms with Crippen molar-refractivity contribution in [3.05, 3.63) is 49.6 Å². The number of benzene rings is 1. The molecule has 6 atom stereocenters. The summed E-state index contributed by atoms with van der Waals surface area (Å²) in [6.07, 6.45) is 7.79. The molecule has 2 bridgehead atoms. The third-order valence-electron chi connectivity index (χ3n) is 8.73. The number of carbonyl (C=O) groups is 3. The predicted octanol–water partition coefficient (Wildman–Crippen LogP) is 4.28. The molecule has 1 spiro atoms. The van der Waals surface area contributed by atoms with Crippen LogP contribution >= 0.6 is 11.8 Å². The minimum Gasteiger partial charge on any atom is -0.494 e. The maximum Gasteiger partial charge on any atom is 0.247 e. The van der Waals surface area contributed by atoms with Gasteiger partial charge in [0.15, 0.2) is 0 Å². The van der Waals surface area contributed by atoms with Crippen LogP contribution in [0.15, 0.2) is 49.6 Å². The van der Waals surface area contributed by atoms with Crippen molar-refractivity contribution in [3.8, 4) is 5.75 Å². The second-order valence-electron chi connectivity index (χ2n) is 11.3. The van der Waals surface area contributed by atoms with Crippen LogP contribution in [0, 0.1) is 11.8 Å². The lowest BCUT2D eigenvalue weighted by molar-refractivity contribution is -0.145. The van der Waals surface area contributed by atoms with E-state index in [2.05, 4.69) is 20.1 Å². The van der Waals surface area contributed by atoms with Crippen LogP contribution in [0.4, 0.5) is 5.69 Å². The fourth-order valence-electron chi connectivity index (χ4n) is 6.91. The zero-order valence-electron chi connectivity index (χ0n) is 24.7. The van der Waals surface area contributed by atoms with E-state index < -0.39 is 28.7 Å². The van der Waals surface area contributed by atoms with Crippen molar-refractivity contribution in [1.82, 2.24) is 9.80 Å². The second-order valence-corrected chi connectivity index (χ2v) is 12.9. The van der Waals surface area contributed by atoms with Crippen LogP contribution in [0.3, 0.4) is 0 Å². The molecule has 8 nitrogen and oxygen atoms in total. The van der Waals surface area contributed by atoms with Crippen LogP contribution in [0.1, 0.15) is 52.9 Å². The van der Waals surface area contributed by atoms with Gasteiger partial charge in [-0.25, -0.2) is 0 Å². The molecule has 3 saturated heterocycles. The summed E-state index contributed by atoms with van der Waals surface area (Å²) in [7, 11) is 0. The first-order valence-electron chi connectivity index (χ1n) is 14.9. The smallest absolute Gasteiger partial charge is 0.247 e. The molecule has 4 rings (SSSR count). The van der Waals surface area contributed by atoms with Crippen LogP contribution < -0.4 is 9.64 Å². The first-order chi connectivity index (χ1) is 19.8.